The predicted molar refractivity (Wildman–Crippen MR) is 110 cm³/mol. The number of nitrogens with one attached hydrogen (secondary N) is 1. The van der Waals surface area contributed by atoms with Crippen molar-refractivity contribution in [3.8, 4) is 6.07 Å². The number of carbonyl (C=O) groups is 2. The lowest BCUT2D eigenvalue weighted by Gasteiger charge is -2.27. The van der Waals surface area contributed by atoms with Crippen molar-refractivity contribution in [1.29, 1.82) is 5.26 Å². The molecule has 14 heteroatoms. The molecule has 2 N–H and O–H groups in total. The molecular weight excluding hydrogens is 486 g/mol. The van der Waals surface area contributed by atoms with E-state index in [2.05, 4.69) is 5.32 Å². The second kappa shape index (κ2) is 9.34. The number of benzene rings is 2. The minimum absolute atomic E-state index is 0.126. The largest absolute Gasteiger partial charge is 0.465 e. The van der Waals surface area contributed by atoms with E-state index >= 15 is 0 Å². The molecule has 0 aliphatic carbocycles. The van der Waals surface area contributed by atoms with Crippen molar-refractivity contribution in [2.45, 2.75) is 24.7 Å². The highest BCUT2D eigenvalue weighted by atomic mass is 19.4. The van der Waals surface area contributed by atoms with Gasteiger partial charge >= 0.3 is 18.4 Å². The average Bonchev–Trinajstić information content (AvgIpc) is 3.24. The summed E-state index contributed by atoms with van der Waals surface area (Å²) in [5.74, 6) is -0.995. The molecule has 0 aromatic heterocycles. The Kier molecular flexibility index (Phi) is 6.84. The van der Waals surface area contributed by atoms with Crippen LogP contribution in [0.25, 0.3) is 0 Å². The van der Waals surface area contributed by atoms with Crippen LogP contribution in [0.3, 0.4) is 0 Å². The standard InChI is InChI=1S/C21H16F6N4O4/c1-30(19(33)34)13-6-3-12(4-7-13)29-17(32)16-10-31(18(35-16)21(25,26)27)14-5-2-11(9-28)15(8-14)20(22,23)24/h2-8,16,18H,10H2,1H3,(H,29,32)(H,33,34)/t16-,18+/m0/s1. The number of ether oxygens (including phenoxy) is 1. The lowest BCUT2D eigenvalue weighted by molar-refractivity contribution is -0.212. The van der Waals surface area contributed by atoms with E-state index in [1.807, 2.05) is 0 Å². The lowest BCUT2D eigenvalue weighted by Crippen LogP contribution is -2.42. The quantitative estimate of drug-likeness (QED) is 0.600. The summed E-state index contributed by atoms with van der Waals surface area (Å²) in [7, 11) is 1.28. The first-order valence-electron chi connectivity index (χ1n) is 9.70. The van der Waals surface area contributed by atoms with Gasteiger partial charge in [0.1, 0.15) is 0 Å². The van der Waals surface area contributed by atoms with Crippen molar-refractivity contribution in [2.24, 2.45) is 0 Å². The van der Waals surface area contributed by atoms with E-state index in [0.29, 0.717) is 11.0 Å². The van der Waals surface area contributed by atoms with Crippen LogP contribution in [0.5, 0.6) is 0 Å². The highest BCUT2D eigenvalue weighted by molar-refractivity contribution is 5.95. The maximum Gasteiger partial charge on any atom is 0.433 e. The molecule has 0 radical (unpaired) electrons. The molecule has 186 valence electrons. The monoisotopic (exact) mass is 502 g/mol. The second-order valence-corrected chi connectivity index (χ2v) is 7.39. The predicted octanol–water partition coefficient (Wildman–Crippen LogP) is 4.42. The van der Waals surface area contributed by atoms with Gasteiger partial charge in [0.05, 0.1) is 23.7 Å². The summed E-state index contributed by atoms with van der Waals surface area (Å²) in [5, 5.41) is 20.2. The van der Waals surface area contributed by atoms with Crippen molar-refractivity contribution in [2.75, 3.05) is 28.7 Å². The van der Waals surface area contributed by atoms with Crippen molar-refractivity contribution in [3.05, 3.63) is 53.6 Å². The molecule has 0 bridgehead atoms. The number of carbonyl (C=O) groups excluding carboxylic acids is 1. The van der Waals surface area contributed by atoms with Crippen LogP contribution in [0.1, 0.15) is 11.1 Å². The zero-order chi connectivity index (χ0) is 26.1. The van der Waals surface area contributed by atoms with Gasteiger partial charge in [0.15, 0.2) is 6.10 Å². The highest BCUT2D eigenvalue weighted by Crippen LogP contribution is 2.39. The number of carboxylic acid groups (broad SMARTS) is 1. The molecule has 8 nitrogen and oxygen atoms in total. The van der Waals surface area contributed by atoms with Crippen molar-refractivity contribution in [1.82, 2.24) is 0 Å². The van der Waals surface area contributed by atoms with Gasteiger partial charge in [-0.1, -0.05) is 0 Å². The number of rotatable bonds is 4. The van der Waals surface area contributed by atoms with Gasteiger partial charge in [0.2, 0.25) is 6.23 Å². The molecule has 1 heterocycles. The van der Waals surface area contributed by atoms with Gasteiger partial charge in [0, 0.05) is 24.1 Å². The number of hydrogen-bond donors (Lipinski definition) is 2. The van der Waals surface area contributed by atoms with E-state index in [0.717, 1.165) is 17.0 Å². The van der Waals surface area contributed by atoms with Crippen molar-refractivity contribution >= 4 is 29.1 Å². The minimum Gasteiger partial charge on any atom is -0.465 e. The summed E-state index contributed by atoms with van der Waals surface area (Å²) in [6, 6.07) is 8.72. The molecule has 0 unspecified atom stereocenters. The molecule has 2 amide bonds. The number of nitrogens with zero attached hydrogens (tertiary/aromatic N) is 3. The Labute approximate surface area is 193 Å². The molecular formula is C21H16F6N4O4. The maximum atomic E-state index is 13.6. The van der Waals surface area contributed by atoms with Gasteiger partial charge < -0.3 is 20.1 Å². The highest BCUT2D eigenvalue weighted by Gasteiger charge is 2.52. The summed E-state index contributed by atoms with van der Waals surface area (Å²) in [6.07, 6.45) is -15.7. The topological polar surface area (TPSA) is 106 Å². The van der Waals surface area contributed by atoms with E-state index < -0.39 is 60.0 Å². The van der Waals surface area contributed by atoms with E-state index in [-0.39, 0.29) is 11.4 Å². The summed E-state index contributed by atoms with van der Waals surface area (Å²) in [4.78, 5) is 24.9. The fraction of sp³-hybridized carbons (Fsp3) is 0.286. The third kappa shape index (κ3) is 5.57. The fourth-order valence-electron chi connectivity index (χ4n) is 3.33. The number of nitriles is 1. The lowest BCUT2D eigenvalue weighted by atomic mass is 10.1. The van der Waals surface area contributed by atoms with Gasteiger partial charge in [-0.15, -0.1) is 0 Å². The number of hydrogen-bond acceptors (Lipinski definition) is 5. The maximum absolute atomic E-state index is 13.6. The molecule has 0 saturated carbocycles. The Hall–Kier alpha value is -3.99. The van der Waals surface area contributed by atoms with E-state index in [4.69, 9.17) is 15.1 Å². The zero-order valence-corrected chi connectivity index (χ0v) is 17.7. The molecule has 2 aromatic rings. The molecule has 1 fully saturated rings. The number of alkyl halides is 6. The molecule has 2 atom stereocenters. The summed E-state index contributed by atoms with van der Waals surface area (Å²) >= 11 is 0. The fourth-order valence-corrected chi connectivity index (χ4v) is 3.33. The molecule has 1 aliphatic heterocycles. The van der Waals surface area contributed by atoms with Crippen LogP contribution in [0.2, 0.25) is 0 Å². The first-order valence-corrected chi connectivity index (χ1v) is 9.70. The third-order valence-electron chi connectivity index (χ3n) is 5.08. The molecule has 3 rings (SSSR count). The van der Waals surface area contributed by atoms with Gasteiger partial charge in [-0.25, -0.2) is 4.79 Å². The van der Waals surface area contributed by atoms with Crippen molar-refractivity contribution < 1.29 is 45.8 Å². The Balaban J connectivity index is 1.84. The van der Waals surface area contributed by atoms with Crippen LogP contribution in [-0.4, -0.2) is 49.2 Å². The normalized spacial score (nSPS) is 18.2. The Morgan fingerprint density at radius 3 is 2.29 bits per heavy atom. The van der Waals surface area contributed by atoms with Crippen LogP contribution in [0.4, 0.5) is 48.2 Å². The Morgan fingerprint density at radius 2 is 1.77 bits per heavy atom. The Morgan fingerprint density at radius 1 is 1.14 bits per heavy atom. The number of amides is 2. The van der Waals surface area contributed by atoms with Crippen LogP contribution >= 0.6 is 0 Å². The van der Waals surface area contributed by atoms with Gasteiger partial charge in [-0.05, 0) is 42.5 Å². The van der Waals surface area contributed by atoms with Gasteiger partial charge in [-0.3, -0.25) is 9.69 Å². The van der Waals surface area contributed by atoms with Gasteiger partial charge in [-0.2, -0.15) is 31.6 Å². The zero-order valence-electron chi connectivity index (χ0n) is 17.7. The third-order valence-corrected chi connectivity index (χ3v) is 5.08. The number of halogens is 6. The average molecular weight is 502 g/mol. The minimum atomic E-state index is -5.05. The Bertz CT molecular complexity index is 1160. The van der Waals surface area contributed by atoms with E-state index in [1.165, 1.54) is 37.4 Å². The molecule has 0 spiro atoms. The smallest absolute Gasteiger partial charge is 0.433 e. The molecule has 2 aromatic carbocycles. The molecule has 1 saturated heterocycles. The first-order chi connectivity index (χ1) is 16.2. The summed E-state index contributed by atoms with van der Waals surface area (Å²) in [6.45, 7) is -0.723. The van der Waals surface area contributed by atoms with Gasteiger partial charge in [0.25, 0.3) is 5.91 Å². The van der Waals surface area contributed by atoms with Crippen molar-refractivity contribution in [3.63, 3.8) is 0 Å². The van der Waals surface area contributed by atoms with Crippen LogP contribution in [-0.2, 0) is 15.7 Å². The summed E-state index contributed by atoms with van der Waals surface area (Å²) < 4.78 is 85.5. The van der Waals surface area contributed by atoms with Crippen LogP contribution < -0.4 is 15.1 Å². The molecule has 1 aliphatic rings. The van der Waals surface area contributed by atoms with E-state index in [9.17, 15) is 35.9 Å². The SMILES string of the molecule is CN(C(=O)O)c1ccc(NC(=O)[C@@H]2CN(c3ccc(C#N)c(C(F)(F)F)c3)[C@@H](C(F)(F)F)O2)cc1. The van der Waals surface area contributed by atoms with Crippen LogP contribution in [0.15, 0.2) is 42.5 Å². The number of anilines is 3. The van der Waals surface area contributed by atoms with Crippen LogP contribution in [0, 0.1) is 11.3 Å². The first kappa shape index (κ1) is 25.6. The second-order valence-electron chi connectivity index (χ2n) is 7.39. The van der Waals surface area contributed by atoms with E-state index in [1.54, 1.807) is 0 Å². The summed E-state index contributed by atoms with van der Waals surface area (Å²) in [5.41, 5.74) is -2.33. The molecule has 35 heavy (non-hydrogen) atoms.